The lowest BCUT2D eigenvalue weighted by Gasteiger charge is -2.27. The van der Waals surface area contributed by atoms with Gasteiger partial charge in [0.05, 0.1) is 0 Å². The SMILES string of the molecule is CSc1ncc2c(n1)N1CCC[C@H]1CN(c1cccc3nc(C)cc(=O)n13)C2=O. The Bertz CT molecular complexity index is 1190. The highest BCUT2D eigenvalue weighted by atomic mass is 32.2. The molecule has 3 aromatic heterocycles. The van der Waals surface area contributed by atoms with Gasteiger partial charge >= 0.3 is 0 Å². The summed E-state index contributed by atoms with van der Waals surface area (Å²) in [7, 11) is 0. The van der Waals surface area contributed by atoms with Crippen LogP contribution >= 0.6 is 11.8 Å². The van der Waals surface area contributed by atoms with Gasteiger partial charge in [-0.25, -0.2) is 19.4 Å². The third kappa shape index (κ3) is 2.88. The van der Waals surface area contributed by atoms with E-state index in [0.29, 0.717) is 40.2 Å². The molecule has 148 valence electrons. The first-order chi connectivity index (χ1) is 14.1. The molecular formula is C20H20N6O2S. The summed E-state index contributed by atoms with van der Waals surface area (Å²) < 4.78 is 1.51. The van der Waals surface area contributed by atoms with Gasteiger partial charge < -0.3 is 4.90 Å². The van der Waals surface area contributed by atoms with Crippen LogP contribution in [-0.2, 0) is 0 Å². The Morgan fingerprint density at radius 3 is 2.90 bits per heavy atom. The van der Waals surface area contributed by atoms with E-state index in [-0.39, 0.29) is 17.5 Å². The van der Waals surface area contributed by atoms with Crippen LogP contribution in [0.3, 0.4) is 0 Å². The van der Waals surface area contributed by atoms with E-state index in [9.17, 15) is 9.59 Å². The number of fused-ring (bicyclic) bond motifs is 4. The second-order valence-corrected chi connectivity index (χ2v) is 8.09. The largest absolute Gasteiger partial charge is 0.351 e. The fourth-order valence-corrected chi connectivity index (χ4v) is 4.57. The number of nitrogens with zero attached hydrogens (tertiary/aromatic N) is 6. The molecule has 1 fully saturated rings. The fraction of sp³-hybridized carbons (Fsp3) is 0.350. The molecule has 5 rings (SSSR count). The average molecular weight is 408 g/mol. The summed E-state index contributed by atoms with van der Waals surface area (Å²) in [4.78, 5) is 43.7. The van der Waals surface area contributed by atoms with Gasteiger partial charge in [0.1, 0.15) is 22.8 Å². The van der Waals surface area contributed by atoms with Crippen LogP contribution < -0.4 is 15.4 Å². The van der Waals surface area contributed by atoms with Crippen molar-refractivity contribution in [3.05, 3.63) is 52.1 Å². The molecule has 5 heterocycles. The lowest BCUT2D eigenvalue weighted by atomic mass is 10.2. The van der Waals surface area contributed by atoms with E-state index >= 15 is 0 Å². The molecule has 29 heavy (non-hydrogen) atoms. The number of carbonyl (C=O) groups excluding carboxylic acids is 1. The van der Waals surface area contributed by atoms with Gasteiger partial charge in [-0.2, -0.15) is 0 Å². The number of hydrogen-bond donors (Lipinski definition) is 0. The highest BCUT2D eigenvalue weighted by molar-refractivity contribution is 7.98. The third-order valence-corrected chi connectivity index (χ3v) is 6.08. The molecule has 0 bridgehead atoms. The van der Waals surface area contributed by atoms with Crippen molar-refractivity contribution in [2.45, 2.75) is 31.0 Å². The van der Waals surface area contributed by atoms with Gasteiger partial charge in [-0.15, -0.1) is 0 Å². The fourth-order valence-electron chi connectivity index (χ4n) is 4.23. The summed E-state index contributed by atoms with van der Waals surface area (Å²) in [5.74, 6) is 1.03. The van der Waals surface area contributed by atoms with Crippen LogP contribution in [0.15, 0.2) is 40.4 Å². The van der Waals surface area contributed by atoms with Crippen LogP contribution in [0.4, 0.5) is 11.6 Å². The summed E-state index contributed by atoms with van der Waals surface area (Å²) in [5, 5.41) is 0.650. The van der Waals surface area contributed by atoms with Gasteiger partial charge in [0.15, 0.2) is 5.16 Å². The second-order valence-electron chi connectivity index (χ2n) is 7.31. The molecule has 0 saturated carbocycles. The lowest BCUT2D eigenvalue weighted by molar-refractivity contribution is 0.0987. The maximum Gasteiger partial charge on any atom is 0.264 e. The number of anilines is 2. The molecule has 1 saturated heterocycles. The summed E-state index contributed by atoms with van der Waals surface area (Å²) in [6.07, 6.45) is 5.55. The third-order valence-electron chi connectivity index (χ3n) is 5.52. The van der Waals surface area contributed by atoms with Gasteiger partial charge in [-0.05, 0) is 38.2 Å². The smallest absolute Gasteiger partial charge is 0.264 e. The minimum absolute atomic E-state index is 0.147. The van der Waals surface area contributed by atoms with Crippen molar-refractivity contribution in [3.63, 3.8) is 0 Å². The molecule has 8 nitrogen and oxygen atoms in total. The molecule has 2 aliphatic rings. The summed E-state index contributed by atoms with van der Waals surface area (Å²) in [6.45, 7) is 3.14. The van der Waals surface area contributed by atoms with E-state index in [4.69, 9.17) is 0 Å². The first-order valence-electron chi connectivity index (χ1n) is 9.56. The van der Waals surface area contributed by atoms with Crippen molar-refractivity contribution in [2.75, 3.05) is 29.1 Å². The van der Waals surface area contributed by atoms with E-state index in [1.54, 1.807) is 30.2 Å². The lowest BCUT2D eigenvalue weighted by Crippen LogP contribution is -2.41. The van der Waals surface area contributed by atoms with Crippen molar-refractivity contribution >= 4 is 35.0 Å². The van der Waals surface area contributed by atoms with Crippen LogP contribution in [0.2, 0.25) is 0 Å². The van der Waals surface area contributed by atoms with Crippen molar-refractivity contribution < 1.29 is 4.79 Å². The Balaban J connectivity index is 1.72. The average Bonchev–Trinajstić information content (AvgIpc) is 3.14. The number of amides is 1. The van der Waals surface area contributed by atoms with Crippen LogP contribution in [0.1, 0.15) is 28.9 Å². The molecule has 9 heteroatoms. The maximum absolute atomic E-state index is 13.6. The summed E-state index contributed by atoms with van der Waals surface area (Å²) >= 11 is 1.46. The number of rotatable bonds is 2. The Hall–Kier alpha value is -2.94. The highest BCUT2D eigenvalue weighted by Crippen LogP contribution is 2.34. The predicted octanol–water partition coefficient (Wildman–Crippen LogP) is 2.14. The number of carbonyl (C=O) groups is 1. The molecule has 0 radical (unpaired) electrons. The van der Waals surface area contributed by atoms with Crippen LogP contribution in [0, 0.1) is 6.92 Å². The van der Waals surface area contributed by atoms with Crippen LogP contribution in [-0.4, -0.2) is 50.6 Å². The molecule has 3 aromatic rings. The topological polar surface area (TPSA) is 83.7 Å². The minimum atomic E-state index is -0.197. The second kappa shape index (κ2) is 6.84. The number of thioether (sulfide) groups is 1. The molecule has 0 aliphatic carbocycles. The van der Waals surface area contributed by atoms with Gasteiger partial charge in [-0.3, -0.25) is 14.5 Å². The first-order valence-corrected chi connectivity index (χ1v) is 10.8. The number of hydrogen-bond acceptors (Lipinski definition) is 7. The van der Waals surface area contributed by atoms with Crippen molar-refractivity contribution in [1.82, 2.24) is 19.4 Å². The Morgan fingerprint density at radius 2 is 2.07 bits per heavy atom. The van der Waals surface area contributed by atoms with Crippen LogP contribution in [0.25, 0.3) is 5.65 Å². The van der Waals surface area contributed by atoms with E-state index in [1.807, 2.05) is 12.3 Å². The number of pyridine rings is 1. The zero-order valence-corrected chi connectivity index (χ0v) is 17.0. The van der Waals surface area contributed by atoms with Gasteiger partial charge in [-0.1, -0.05) is 17.8 Å². The van der Waals surface area contributed by atoms with E-state index in [2.05, 4.69) is 19.9 Å². The van der Waals surface area contributed by atoms with Crippen LogP contribution in [0.5, 0.6) is 0 Å². The Labute approximate surface area is 171 Å². The van der Waals surface area contributed by atoms with E-state index in [0.717, 1.165) is 19.4 Å². The van der Waals surface area contributed by atoms with Gasteiger partial charge in [0, 0.05) is 37.1 Å². The molecule has 0 unspecified atom stereocenters. The predicted molar refractivity (Wildman–Crippen MR) is 112 cm³/mol. The molecule has 1 atom stereocenters. The summed E-state index contributed by atoms with van der Waals surface area (Å²) in [5.41, 5.74) is 1.46. The molecule has 2 aliphatic heterocycles. The number of aryl methyl sites for hydroxylation is 1. The molecule has 0 spiro atoms. The zero-order valence-electron chi connectivity index (χ0n) is 16.2. The quantitative estimate of drug-likeness (QED) is 0.474. The summed E-state index contributed by atoms with van der Waals surface area (Å²) in [6, 6.07) is 7.04. The van der Waals surface area contributed by atoms with E-state index in [1.165, 1.54) is 22.2 Å². The maximum atomic E-state index is 13.6. The molecular weight excluding hydrogens is 388 g/mol. The zero-order chi connectivity index (χ0) is 20.1. The Morgan fingerprint density at radius 1 is 1.21 bits per heavy atom. The monoisotopic (exact) mass is 408 g/mol. The van der Waals surface area contributed by atoms with Crippen molar-refractivity contribution in [1.29, 1.82) is 0 Å². The standard InChI is InChI=1S/C20H20N6O2S/c1-12-9-17(27)26-15(22-12)6-3-7-16(26)25-11-13-5-4-8-24(13)18-14(19(25)28)10-21-20(23-18)29-2/h3,6-7,9-10,13H,4-5,8,11H2,1-2H3/t13-/m0/s1. The van der Waals surface area contributed by atoms with Gasteiger partial charge in [0.2, 0.25) is 0 Å². The highest BCUT2D eigenvalue weighted by Gasteiger charge is 2.38. The van der Waals surface area contributed by atoms with E-state index < -0.39 is 0 Å². The van der Waals surface area contributed by atoms with Gasteiger partial charge in [0.25, 0.3) is 11.5 Å². The number of aromatic nitrogens is 4. The Kier molecular flexibility index (Phi) is 4.27. The minimum Gasteiger partial charge on any atom is -0.351 e. The van der Waals surface area contributed by atoms with Crippen molar-refractivity contribution in [2.24, 2.45) is 0 Å². The van der Waals surface area contributed by atoms with Crippen molar-refractivity contribution in [3.8, 4) is 0 Å². The first kappa shape index (κ1) is 18.1. The molecule has 1 amide bonds. The molecule has 0 aromatic carbocycles. The molecule has 0 N–H and O–H groups in total. The normalized spacial score (nSPS) is 18.7.